The molecule has 2 N–H and O–H groups in total. The van der Waals surface area contributed by atoms with Crippen LogP contribution in [0.3, 0.4) is 0 Å². The van der Waals surface area contributed by atoms with E-state index in [-0.39, 0.29) is 21.9 Å². The van der Waals surface area contributed by atoms with Crippen LogP contribution in [0.2, 0.25) is 0 Å². The molecule has 0 bridgehead atoms. The highest BCUT2D eigenvalue weighted by Gasteiger charge is 2.22. The first kappa shape index (κ1) is 37.2. The van der Waals surface area contributed by atoms with Crippen molar-refractivity contribution in [3.8, 4) is 0 Å². The molecule has 0 unspecified atom stereocenters. The second-order valence-electron chi connectivity index (χ2n) is 10.4. The number of hydrogen-bond acceptors (Lipinski definition) is 6. The van der Waals surface area contributed by atoms with Crippen LogP contribution in [0.15, 0.2) is 58.3 Å². The van der Waals surface area contributed by atoms with E-state index in [1.807, 2.05) is 0 Å². The molecule has 8 nitrogen and oxygen atoms in total. The number of halogens is 2. The van der Waals surface area contributed by atoms with Gasteiger partial charge in [-0.25, -0.2) is 26.3 Å². The highest BCUT2D eigenvalue weighted by atomic mass is 79.9. The first-order valence-corrected chi connectivity index (χ1v) is 18.3. The van der Waals surface area contributed by atoms with Gasteiger partial charge in [0.2, 0.25) is 20.0 Å². The van der Waals surface area contributed by atoms with E-state index in [2.05, 4.69) is 69.0 Å². The van der Waals surface area contributed by atoms with E-state index < -0.39 is 20.0 Å². The van der Waals surface area contributed by atoms with Gasteiger partial charge in [-0.15, -0.1) is 0 Å². The van der Waals surface area contributed by atoms with Crippen LogP contribution in [0.25, 0.3) is 0 Å². The molecule has 2 atom stereocenters. The molecule has 0 aromatic heterocycles. The lowest BCUT2D eigenvalue weighted by Gasteiger charge is -2.19. The quantitative estimate of drug-likeness (QED) is 0.210. The fourth-order valence-electron chi connectivity index (χ4n) is 3.93. The third-order valence-corrected chi connectivity index (χ3v) is 10.0. The van der Waals surface area contributed by atoms with Crippen LogP contribution in [0, 0.1) is 11.8 Å². The normalized spacial score (nSPS) is 13.7. The van der Waals surface area contributed by atoms with Crippen LogP contribution in [-0.4, -0.2) is 56.4 Å². The van der Waals surface area contributed by atoms with E-state index in [1.54, 1.807) is 62.8 Å². The van der Waals surface area contributed by atoms with Crippen LogP contribution >= 0.6 is 31.9 Å². The van der Waals surface area contributed by atoms with Crippen molar-refractivity contribution in [2.45, 2.75) is 73.1 Å². The molecule has 2 rings (SSSR count). The van der Waals surface area contributed by atoms with Crippen LogP contribution in [0.5, 0.6) is 0 Å². The summed E-state index contributed by atoms with van der Waals surface area (Å²) in [4.78, 5) is 0.569. The van der Waals surface area contributed by atoms with Gasteiger partial charge in [0.15, 0.2) is 0 Å². The molecular weight excluding hydrogens is 684 g/mol. The standard InChI is InChI=1S/2C14H22BrNO3S/c2*1-11(2)8-13(10-19-3)16-20(17,18)14-6-4-12(9-15)5-7-14/h2*4-7,11,13,16H,8-10H2,1-3H3/t2*13-/m00/s1. The van der Waals surface area contributed by atoms with Gasteiger partial charge in [0.1, 0.15) is 0 Å². The molecule has 0 heterocycles. The molecule has 0 aliphatic rings. The fraction of sp³-hybridized carbons (Fsp3) is 0.571. The smallest absolute Gasteiger partial charge is 0.240 e. The van der Waals surface area contributed by atoms with Crippen molar-refractivity contribution in [3.05, 3.63) is 59.7 Å². The molecule has 0 aliphatic carbocycles. The van der Waals surface area contributed by atoms with Crippen molar-refractivity contribution in [3.63, 3.8) is 0 Å². The maximum Gasteiger partial charge on any atom is 0.240 e. The van der Waals surface area contributed by atoms with Crippen LogP contribution in [0.4, 0.5) is 0 Å². The Morgan fingerprint density at radius 3 is 1.15 bits per heavy atom. The molecule has 0 spiro atoms. The van der Waals surface area contributed by atoms with Gasteiger partial charge in [-0.1, -0.05) is 83.8 Å². The van der Waals surface area contributed by atoms with Crippen molar-refractivity contribution in [1.82, 2.24) is 9.44 Å². The molecule has 2 aromatic carbocycles. The van der Waals surface area contributed by atoms with Gasteiger partial charge >= 0.3 is 0 Å². The minimum absolute atomic E-state index is 0.208. The van der Waals surface area contributed by atoms with E-state index in [0.29, 0.717) is 35.7 Å². The first-order chi connectivity index (χ1) is 18.8. The second-order valence-corrected chi connectivity index (χ2v) is 14.9. The van der Waals surface area contributed by atoms with Gasteiger partial charge in [-0.3, -0.25) is 0 Å². The molecule has 0 saturated carbocycles. The third kappa shape index (κ3) is 13.9. The first-order valence-electron chi connectivity index (χ1n) is 13.1. The monoisotopic (exact) mass is 726 g/mol. The molecule has 2 aromatic rings. The lowest BCUT2D eigenvalue weighted by molar-refractivity contribution is 0.166. The minimum Gasteiger partial charge on any atom is -0.383 e. The van der Waals surface area contributed by atoms with Crippen molar-refractivity contribution in [2.75, 3.05) is 27.4 Å². The maximum atomic E-state index is 12.3. The number of methoxy groups -OCH3 is 2. The maximum absolute atomic E-state index is 12.3. The van der Waals surface area contributed by atoms with Gasteiger partial charge in [0.05, 0.1) is 23.0 Å². The van der Waals surface area contributed by atoms with E-state index in [0.717, 1.165) is 24.0 Å². The van der Waals surface area contributed by atoms with Crippen LogP contribution in [-0.2, 0) is 40.2 Å². The molecule has 0 radical (unpaired) electrons. The van der Waals surface area contributed by atoms with Crippen LogP contribution in [0.1, 0.15) is 51.7 Å². The molecule has 0 aliphatic heterocycles. The van der Waals surface area contributed by atoms with Crippen molar-refractivity contribution in [1.29, 1.82) is 0 Å². The highest BCUT2D eigenvalue weighted by Crippen LogP contribution is 2.16. The van der Waals surface area contributed by atoms with Gasteiger partial charge in [0.25, 0.3) is 0 Å². The number of rotatable bonds is 16. The molecular formula is C28H44Br2N2O6S2. The van der Waals surface area contributed by atoms with Gasteiger partial charge < -0.3 is 9.47 Å². The van der Waals surface area contributed by atoms with E-state index in [4.69, 9.17) is 9.47 Å². The van der Waals surface area contributed by atoms with E-state index in [1.165, 1.54) is 0 Å². The fourth-order valence-corrected chi connectivity index (χ4v) is 7.15. The summed E-state index contributed by atoms with van der Waals surface area (Å²) in [6.07, 6.45) is 1.49. The zero-order chi connectivity index (χ0) is 30.3. The average Bonchev–Trinajstić information content (AvgIpc) is 2.88. The Bertz CT molecular complexity index is 1090. The predicted octanol–water partition coefficient (Wildman–Crippen LogP) is 5.84. The summed E-state index contributed by atoms with van der Waals surface area (Å²) in [5.74, 6) is 0.794. The number of sulfonamides is 2. The molecule has 12 heteroatoms. The Morgan fingerprint density at radius 1 is 0.625 bits per heavy atom. The summed E-state index contributed by atoms with van der Waals surface area (Å²) in [5, 5.41) is 1.42. The number of ether oxygens (including phenoxy) is 2. The molecule has 228 valence electrons. The Kier molecular flexibility index (Phi) is 17.3. The lowest BCUT2D eigenvalue weighted by Crippen LogP contribution is -2.38. The van der Waals surface area contributed by atoms with E-state index in [9.17, 15) is 16.8 Å². The summed E-state index contributed by atoms with van der Waals surface area (Å²) in [5.41, 5.74) is 2.08. The zero-order valence-corrected chi connectivity index (χ0v) is 29.0. The Balaban J connectivity index is 0.000000400. The molecule has 40 heavy (non-hydrogen) atoms. The highest BCUT2D eigenvalue weighted by molar-refractivity contribution is 9.08. The lowest BCUT2D eigenvalue weighted by atomic mass is 10.1. The van der Waals surface area contributed by atoms with Crippen molar-refractivity contribution < 1.29 is 26.3 Å². The third-order valence-electron chi connectivity index (χ3n) is 5.67. The predicted molar refractivity (Wildman–Crippen MR) is 169 cm³/mol. The number of alkyl halides is 2. The van der Waals surface area contributed by atoms with Gasteiger partial charge in [-0.05, 0) is 60.1 Å². The molecule has 0 fully saturated rings. The number of hydrogen-bond donors (Lipinski definition) is 2. The van der Waals surface area contributed by atoms with Gasteiger partial charge in [-0.2, -0.15) is 0 Å². The average molecular weight is 729 g/mol. The summed E-state index contributed by atoms with van der Waals surface area (Å²) < 4.78 is 64.9. The Hall–Kier alpha value is -0.860. The second kappa shape index (κ2) is 18.6. The SMILES string of the molecule is COC[C@H](CC(C)C)NS(=O)(=O)c1ccc(CBr)cc1.COC[C@H](CC(C)C)NS(=O)(=O)c1ccc(CBr)cc1. The molecule has 0 saturated heterocycles. The zero-order valence-electron chi connectivity index (χ0n) is 24.2. The van der Waals surface area contributed by atoms with Gasteiger partial charge in [0, 0.05) is 37.0 Å². The van der Waals surface area contributed by atoms with E-state index >= 15 is 0 Å². The number of benzene rings is 2. The summed E-state index contributed by atoms with van der Waals surface area (Å²) in [6.45, 7) is 8.97. The summed E-state index contributed by atoms with van der Waals surface area (Å²) in [7, 11) is -3.84. The minimum atomic E-state index is -3.50. The topological polar surface area (TPSA) is 111 Å². The summed E-state index contributed by atoms with van der Waals surface area (Å²) >= 11 is 6.68. The van der Waals surface area contributed by atoms with Crippen molar-refractivity contribution >= 4 is 51.9 Å². The Morgan fingerprint density at radius 2 is 0.925 bits per heavy atom. The Labute approximate surface area is 258 Å². The van der Waals surface area contributed by atoms with Crippen LogP contribution < -0.4 is 9.44 Å². The molecule has 0 amide bonds. The summed E-state index contributed by atoms with van der Waals surface area (Å²) in [6, 6.07) is 13.3. The largest absolute Gasteiger partial charge is 0.383 e. The number of nitrogens with one attached hydrogen (secondary N) is 2. The van der Waals surface area contributed by atoms with Crippen molar-refractivity contribution in [2.24, 2.45) is 11.8 Å².